The molecular weight excluding hydrogens is 328 g/mol. The maximum atomic E-state index is 12.1. The van der Waals surface area contributed by atoms with Crippen LogP contribution < -0.4 is 19.7 Å². The molecule has 1 amide bonds. The van der Waals surface area contributed by atoms with E-state index in [1.807, 2.05) is 12.1 Å². The molecule has 5 nitrogen and oxygen atoms in total. The molecule has 2 aromatic carbocycles. The second-order valence-corrected chi connectivity index (χ2v) is 6.60. The van der Waals surface area contributed by atoms with Crippen LogP contribution in [-0.2, 0) is 4.79 Å². The molecule has 1 atom stereocenters. The first-order valence-electron chi connectivity index (χ1n) is 9.09. The molecule has 1 heterocycles. The van der Waals surface area contributed by atoms with E-state index in [4.69, 9.17) is 9.47 Å². The Bertz CT molecular complexity index is 713. The van der Waals surface area contributed by atoms with Gasteiger partial charge in [0, 0.05) is 24.0 Å². The Balaban J connectivity index is 1.50. The summed E-state index contributed by atoms with van der Waals surface area (Å²) in [5, 5.41) is 2.87. The maximum Gasteiger partial charge on any atom is 0.262 e. The molecule has 0 radical (unpaired) electrons. The van der Waals surface area contributed by atoms with E-state index >= 15 is 0 Å². The van der Waals surface area contributed by atoms with E-state index in [0.717, 1.165) is 18.0 Å². The average Bonchev–Trinajstić information content (AvgIpc) is 2.68. The zero-order valence-electron chi connectivity index (χ0n) is 15.4. The summed E-state index contributed by atoms with van der Waals surface area (Å²) in [6.45, 7) is 3.34. The minimum atomic E-state index is -0.181. The highest BCUT2D eigenvalue weighted by molar-refractivity contribution is 5.92. The molecular formula is C21H26N2O3. The molecule has 3 rings (SSSR count). The molecule has 0 spiro atoms. The number of carbonyl (C=O) groups excluding carboxylic acids is 1. The van der Waals surface area contributed by atoms with E-state index in [0.29, 0.717) is 11.8 Å². The van der Waals surface area contributed by atoms with E-state index in [2.05, 4.69) is 29.3 Å². The molecule has 1 aliphatic heterocycles. The van der Waals surface area contributed by atoms with E-state index in [1.54, 1.807) is 31.4 Å². The third-order valence-corrected chi connectivity index (χ3v) is 4.72. The van der Waals surface area contributed by atoms with Gasteiger partial charge in [-0.05, 0) is 74.7 Å². The number of benzene rings is 2. The number of ether oxygens (including phenoxy) is 2. The van der Waals surface area contributed by atoms with Crippen molar-refractivity contribution in [2.24, 2.45) is 0 Å². The highest BCUT2D eigenvalue weighted by atomic mass is 16.5. The van der Waals surface area contributed by atoms with Gasteiger partial charge in [-0.2, -0.15) is 0 Å². The minimum Gasteiger partial charge on any atom is -0.497 e. The highest BCUT2D eigenvalue weighted by Crippen LogP contribution is 2.25. The van der Waals surface area contributed by atoms with Crippen molar-refractivity contribution in [3.8, 4) is 11.5 Å². The predicted octanol–water partition coefficient (Wildman–Crippen LogP) is 4.09. The Hall–Kier alpha value is -2.69. The number of nitrogens with zero attached hydrogens (tertiary/aromatic N) is 1. The topological polar surface area (TPSA) is 50.8 Å². The lowest BCUT2D eigenvalue weighted by Gasteiger charge is -2.35. The van der Waals surface area contributed by atoms with Gasteiger partial charge in [-0.3, -0.25) is 4.79 Å². The van der Waals surface area contributed by atoms with E-state index in [9.17, 15) is 4.79 Å². The normalized spacial score (nSPS) is 16.8. The Morgan fingerprint density at radius 3 is 2.42 bits per heavy atom. The molecule has 138 valence electrons. The first-order chi connectivity index (χ1) is 12.7. The SMILES string of the molecule is COc1ccc(OCC(=O)Nc2ccc(N3CCCCC3C)cc2)cc1. The summed E-state index contributed by atoms with van der Waals surface area (Å²) in [4.78, 5) is 14.5. The van der Waals surface area contributed by atoms with E-state index in [-0.39, 0.29) is 12.5 Å². The Kier molecular flexibility index (Phi) is 6.00. The van der Waals surface area contributed by atoms with Gasteiger partial charge in [0.25, 0.3) is 5.91 Å². The van der Waals surface area contributed by atoms with Gasteiger partial charge in [0.1, 0.15) is 11.5 Å². The number of amides is 1. The van der Waals surface area contributed by atoms with Crippen molar-refractivity contribution in [2.45, 2.75) is 32.2 Å². The van der Waals surface area contributed by atoms with Crippen molar-refractivity contribution in [3.63, 3.8) is 0 Å². The largest absolute Gasteiger partial charge is 0.497 e. The number of carbonyl (C=O) groups is 1. The molecule has 5 heteroatoms. The lowest BCUT2D eigenvalue weighted by molar-refractivity contribution is -0.118. The highest BCUT2D eigenvalue weighted by Gasteiger charge is 2.18. The van der Waals surface area contributed by atoms with Crippen molar-refractivity contribution in [1.82, 2.24) is 0 Å². The zero-order valence-corrected chi connectivity index (χ0v) is 15.4. The van der Waals surface area contributed by atoms with Gasteiger partial charge in [0.05, 0.1) is 7.11 Å². The summed E-state index contributed by atoms with van der Waals surface area (Å²) in [6, 6.07) is 15.8. The van der Waals surface area contributed by atoms with Crippen molar-refractivity contribution >= 4 is 17.3 Å². The number of hydrogen-bond acceptors (Lipinski definition) is 4. The minimum absolute atomic E-state index is 0.0305. The molecule has 1 unspecified atom stereocenters. The molecule has 2 aromatic rings. The third kappa shape index (κ3) is 4.69. The van der Waals surface area contributed by atoms with Crippen LogP contribution >= 0.6 is 0 Å². The van der Waals surface area contributed by atoms with Gasteiger partial charge < -0.3 is 19.7 Å². The van der Waals surface area contributed by atoms with Crippen LogP contribution in [0.1, 0.15) is 26.2 Å². The Morgan fingerprint density at radius 1 is 1.08 bits per heavy atom. The monoisotopic (exact) mass is 354 g/mol. The number of rotatable bonds is 6. The molecule has 1 saturated heterocycles. The average molecular weight is 354 g/mol. The van der Waals surface area contributed by atoms with Crippen LogP contribution in [0.25, 0.3) is 0 Å². The third-order valence-electron chi connectivity index (χ3n) is 4.72. The summed E-state index contributed by atoms with van der Waals surface area (Å²) >= 11 is 0. The number of nitrogens with one attached hydrogen (secondary N) is 1. The fourth-order valence-electron chi connectivity index (χ4n) is 3.24. The lowest BCUT2D eigenvalue weighted by atomic mass is 10.0. The summed E-state index contributed by atoms with van der Waals surface area (Å²) in [5.74, 6) is 1.21. The summed E-state index contributed by atoms with van der Waals surface area (Å²) in [5.41, 5.74) is 1.99. The van der Waals surface area contributed by atoms with Crippen LogP contribution in [0, 0.1) is 0 Å². The van der Waals surface area contributed by atoms with Crippen LogP contribution in [0.2, 0.25) is 0 Å². The molecule has 0 aromatic heterocycles. The molecule has 1 fully saturated rings. The lowest BCUT2D eigenvalue weighted by Crippen LogP contribution is -2.37. The molecule has 0 aliphatic carbocycles. The standard InChI is InChI=1S/C21H26N2O3/c1-16-5-3-4-14-23(16)18-8-6-17(7-9-18)22-21(24)15-26-20-12-10-19(25-2)11-13-20/h6-13,16H,3-5,14-15H2,1-2H3,(H,22,24). The summed E-state index contributed by atoms with van der Waals surface area (Å²) in [6.07, 6.45) is 3.78. The van der Waals surface area contributed by atoms with Crippen LogP contribution in [0.4, 0.5) is 11.4 Å². The molecule has 26 heavy (non-hydrogen) atoms. The predicted molar refractivity (Wildman–Crippen MR) is 104 cm³/mol. The number of methoxy groups -OCH3 is 1. The maximum absolute atomic E-state index is 12.1. The zero-order chi connectivity index (χ0) is 18.4. The van der Waals surface area contributed by atoms with Gasteiger partial charge in [-0.25, -0.2) is 0 Å². The molecule has 0 bridgehead atoms. The van der Waals surface area contributed by atoms with E-state index in [1.165, 1.54) is 24.9 Å². The number of hydrogen-bond donors (Lipinski definition) is 1. The van der Waals surface area contributed by atoms with Crippen LogP contribution in [0.3, 0.4) is 0 Å². The van der Waals surface area contributed by atoms with Crippen LogP contribution in [0.15, 0.2) is 48.5 Å². The van der Waals surface area contributed by atoms with Crippen molar-refractivity contribution in [3.05, 3.63) is 48.5 Å². The van der Waals surface area contributed by atoms with Gasteiger partial charge in [0.2, 0.25) is 0 Å². The molecule has 0 saturated carbocycles. The second-order valence-electron chi connectivity index (χ2n) is 6.60. The van der Waals surface area contributed by atoms with Crippen molar-refractivity contribution in [1.29, 1.82) is 0 Å². The van der Waals surface area contributed by atoms with E-state index < -0.39 is 0 Å². The fraction of sp³-hybridized carbons (Fsp3) is 0.381. The summed E-state index contributed by atoms with van der Waals surface area (Å²) < 4.78 is 10.6. The number of anilines is 2. The van der Waals surface area contributed by atoms with Crippen molar-refractivity contribution in [2.75, 3.05) is 30.5 Å². The number of piperidine rings is 1. The Labute approximate surface area is 154 Å². The fourth-order valence-corrected chi connectivity index (χ4v) is 3.24. The second kappa shape index (κ2) is 8.61. The van der Waals surface area contributed by atoms with Gasteiger partial charge in [0.15, 0.2) is 6.61 Å². The first kappa shape index (κ1) is 18.1. The quantitative estimate of drug-likeness (QED) is 0.849. The van der Waals surface area contributed by atoms with Gasteiger partial charge in [-0.15, -0.1) is 0 Å². The van der Waals surface area contributed by atoms with Gasteiger partial charge in [-0.1, -0.05) is 0 Å². The van der Waals surface area contributed by atoms with Crippen molar-refractivity contribution < 1.29 is 14.3 Å². The molecule has 1 aliphatic rings. The smallest absolute Gasteiger partial charge is 0.262 e. The first-order valence-corrected chi connectivity index (χ1v) is 9.09. The Morgan fingerprint density at radius 2 is 1.77 bits per heavy atom. The van der Waals surface area contributed by atoms with Crippen LogP contribution in [0.5, 0.6) is 11.5 Å². The van der Waals surface area contributed by atoms with Gasteiger partial charge >= 0.3 is 0 Å². The summed E-state index contributed by atoms with van der Waals surface area (Å²) in [7, 11) is 1.61. The van der Waals surface area contributed by atoms with Crippen LogP contribution in [-0.4, -0.2) is 32.2 Å². The molecule has 1 N–H and O–H groups in total.